The van der Waals surface area contributed by atoms with Crippen molar-refractivity contribution in [2.24, 2.45) is 0 Å². The number of fused-ring (bicyclic) bond motifs is 2. The molecule has 0 saturated heterocycles. The molecule has 5 heteroatoms. The monoisotopic (exact) mass is 720 g/mol. The number of hydrogen-bond donors (Lipinski definition) is 0. The van der Waals surface area contributed by atoms with Crippen LogP contribution in [0.3, 0.4) is 0 Å². The van der Waals surface area contributed by atoms with Crippen LogP contribution in [0.15, 0.2) is 118 Å². The van der Waals surface area contributed by atoms with Crippen LogP contribution >= 0.6 is 16.4 Å². The first-order valence-corrected chi connectivity index (χ1v) is 17.1. The van der Waals surface area contributed by atoms with Gasteiger partial charge in [0.05, 0.1) is 0 Å². The number of allylic oxidation sites excluding steroid dienone is 12. The Bertz CT molecular complexity index is 1390. The standard InChI is InChI=1S/2C19H21P.2ClH.Zr/c2*1-3-8-15-12-17(14-10-6-5-7-11-14)18-13-16(9-4-2)20-19(15)18;;;/h2*5-7,10-13H,3-4,8-9H2,1-2H3;2*1H;/q;;;;+2/p-2. The molecule has 0 fully saturated rings. The minimum atomic E-state index is 0. The van der Waals surface area contributed by atoms with Gasteiger partial charge in [0, 0.05) is 10.6 Å². The minimum absolute atomic E-state index is 0. The molecule has 4 aliphatic rings. The van der Waals surface area contributed by atoms with Gasteiger partial charge < -0.3 is 24.8 Å². The Labute approximate surface area is 295 Å². The van der Waals surface area contributed by atoms with Crippen LogP contribution in [0.2, 0.25) is 0 Å². The van der Waals surface area contributed by atoms with E-state index in [1.165, 1.54) is 101 Å². The summed E-state index contributed by atoms with van der Waals surface area (Å²) in [6.45, 7) is 9.08. The van der Waals surface area contributed by atoms with Gasteiger partial charge in [-0.25, -0.2) is 0 Å². The molecular formula is C38H42Cl2P2Zr. The molecule has 0 N–H and O–H groups in total. The second-order valence-corrected chi connectivity index (χ2v) is 13.4. The Kier molecular flexibility index (Phi) is 16.4. The van der Waals surface area contributed by atoms with Crippen LogP contribution in [0.4, 0.5) is 0 Å². The molecule has 2 aliphatic carbocycles. The van der Waals surface area contributed by atoms with E-state index in [4.69, 9.17) is 0 Å². The summed E-state index contributed by atoms with van der Waals surface area (Å²) in [5.41, 5.74) is 11.7. The van der Waals surface area contributed by atoms with E-state index in [1.54, 1.807) is 32.4 Å². The molecule has 0 nitrogen and oxygen atoms in total. The normalized spacial score (nSPS) is 16.6. The zero-order chi connectivity index (χ0) is 27.9. The Hall–Kier alpha value is -1.32. The van der Waals surface area contributed by atoms with Crippen molar-refractivity contribution >= 4 is 38.1 Å². The third-order valence-corrected chi connectivity index (χ3v) is 10.5. The summed E-state index contributed by atoms with van der Waals surface area (Å²) in [4.78, 5) is 0. The van der Waals surface area contributed by atoms with Crippen molar-refractivity contribution in [3.05, 3.63) is 129 Å². The van der Waals surface area contributed by atoms with Crippen LogP contribution in [-0.4, -0.2) is 10.6 Å². The molecule has 0 unspecified atom stereocenters. The van der Waals surface area contributed by atoms with Crippen LogP contribution in [0.1, 0.15) is 90.2 Å². The summed E-state index contributed by atoms with van der Waals surface area (Å²) in [5.74, 6) is 0. The molecule has 0 amide bonds. The van der Waals surface area contributed by atoms with E-state index in [2.05, 4.69) is 113 Å². The fourth-order valence-corrected chi connectivity index (χ4v) is 8.77. The molecule has 2 heterocycles. The summed E-state index contributed by atoms with van der Waals surface area (Å²) in [5, 5.41) is 6.34. The van der Waals surface area contributed by atoms with Crippen LogP contribution in [0, 0.1) is 0 Å². The van der Waals surface area contributed by atoms with Gasteiger partial charge in [-0.2, -0.15) is 0 Å². The van der Waals surface area contributed by atoms with E-state index in [1.807, 2.05) is 0 Å². The Morgan fingerprint density at radius 2 is 0.791 bits per heavy atom. The number of benzene rings is 2. The average Bonchev–Trinajstić information content (AvgIpc) is 3.73. The largest absolute Gasteiger partial charge is 2.00 e. The molecule has 43 heavy (non-hydrogen) atoms. The molecule has 2 aromatic carbocycles. The second-order valence-electron chi connectivity index (χ2n) is 10.9. The summed E-state index contributed by atoms with van der Waals surface area (Å²) in [6.07, 6.45) is 19.6. The fraction of sp³-hybridized carbons (Fsp3) is 0.316. The first-order chi connectivity index (χ1) is 19.7. The molecule has 222 valence electrons. The Balaban J connectivity index is 0.000000281. The van der Waals surface area contributed by atoms with E-state index in [0.717, 1.165) is 0 Å². The predicted molar refractivity (Wildman–Crippen MR) is 183 cm³/mol. The van der Waals surface area contributed by atoms with Gasteiger partial charge in [0.25, 0.3) is 0 Å². The van der Waals surface area contributed by atoms with Gasteiger partial charge in [-0.15, -0.1) is 0 Å². The zero-order valence-corrected chi connectivity index (χ0v) is 31.6. The maximum atomic E-state index is 2.45. The number of hydrogen-bond acceptors (Lipinski definition) is 0. The van der Waals surface area contributed by atoms with Crippen molar-refractivity contribution in [3.8, 4) is 0 Å². The number of rotatable bonds is 10. The van der Waals surface area contributed by atoms with Gasteiger partial charge in [0.2, 0.25) is 0 Å². The summed E-state index contributed by atoms with van der Waals surface area (Å²) in [7, 11) is 2.92. The van der Waals surface area contributed by atoms with Gasteiger partial charge in [0.1, 0.15) is 0 Å². The van der Waals surface area contributed by atoms with Crippen molar-refractivity contribution in [1.29, 1.82) is 0 Å². The van der Waals surface area contributed by atoms with E-state index >= 15 is 0 Å². The molecule has 0 atom stereocenters. The van der Waals surface area contributed by atoms with Crippen molar-refractivity contribution in [2.45, 2.75) is 79.1 Å². The zero-order valence-electron chi connectivity index (χ0n) is 25.9. The van der Waals surface area contributed by atoms with E-state index in [0.29, 0.717) is 0 Å². The van der Waals surface area contributed by atoms with Crippen LogP contribution in [0.5, 0.6) is 0 Å². The molecule has 0 saturated carbocycles. The van der Waals surface area contributed by atoms with E-state index < -0.39 is 0 Å². The van der Waals surface area contributed by atoms with Gasteiger partial charge in [-0.1, -0.05) is 130 Å². The second kappa shape index (κ2) is 18.6. The van der Waals surface area contributed by atoms with Crippen molar-refractivity contribution in [3.63, 3.8) is 0 Å². The molecule has 2 aromatic rings. The van der Waals surface area contributed by atoms with Gasteiger partial charge in [0.15, 0.2) is 0 Å². The minimum Gasteiger partial charge on any atom is -1.00 e. The first-order valence-electron chi connectivity index (χ1n) is 15.3. The molecule has 6 rings (SSSR count). The molecule has 0 radical (unpaired) electrons. The SMILES string of the molecule is CCCC1=PC2=C(CCC)C=C(c3ccccc3)C2=C1.CCCC1=PC2=C(CCC)C=C(c3ccccc3)C2=C1.[Cl-].[Cl-].[Zr+2]. The molecule has 0 aromatic heterocycles. The van der Waals surface area contributed by atoms with Gasteiger partial charge in [-0.05, 0) is 105 Å². The van der Waals surface area contributed by atoms with Gasteiger partial charge >= 0.3 is 26.2 Å². The third kappa shape index (κ3) is 8.90. The summed E-state index contributed by atoms with van der Waals surface area (Å²) in [6, 6.07) is 21.7. The first kappa shape index (κ1) is 37.9. The molecule has 0 spiro atoms. The van der Waals surface area contributed by atoms with Crippen molar-refractivity contribution < 1.29 is 51.0 Å². The predicted octanol–water partition coefficient (Wildman–Crippen LogP) is 6.00. The van der Waals surface area contributed by atoms with E-state index in [-0.39, 0.29) is 51.0 Å². The number of halogens is 2. The maximum absolute atomic E-state index is 2.45. The maximum Gasteiger partial charge on any atom is 2.00 e. The van der Waals surface area contributed by atoms with Crippen LogP contribution in [0.25, 0.3) is 11.1 Å². The molecular weight excluding hydrogens is 680 g/mol. The van der Waals surface area contributed by atoms with Crippen molar-refractivity contribution in [1.82, 2.24) is 0 Å². The smallest absolute Gasteiger partial charge is 1.00 e. The molecule has 0 bridgehead atoms. The summed E-state index contributed by atoms with van der Waals surface area (Å²) < 4.78 is 0. The van der Waals surface area contributed by atoms with Crippen LogP contribution < -0.4 is 24.8 Å². The van der Waals surface area contributed by atoms with Gasteiger partial charge in [-0.3, -0.25) is 0 Å². The third-order valence-electron chi connectivity index (χ3n) is 7.69. The average molecular weight is 723 g/mol. The fourth-order valence-electron chi connectivity index (χ4n) is 5.88. The Morgan fingerprint density at radius 3 is 1.12 bits per heavy atom. The van der Waals surface area contributed by atoms with Crippen LogP contribution in [-0.2, 0) is 26.2 Å². The van der Waals surface area contributed by atoms with Crippen molar-refractivity contribution in [2.75, 3.05) is 0 Å². The quantitative estimate of drug-likeness (QED) is 0.265. The topological polar surface area (TPSA) is 0 Å². The Morgan fingerprint density at radius 1 is 0.442 bits per heavy atom. The molecule has 2 aliphatic heterocycles. The summed E-state index contributed by atoms with van der Waals surface area (Å²) >= 11 is 0. The van der Waals surface area contributed by atoms with E-state index in [9.17, 15) is 0 Å².